The van der Waals surface area contributed by atoms with Crippen LogP contribution < -0.4 is 5.32 Å². The molecule has 0 saturated heterocycles. The van der Waals surface area contributed by atoms with Crippen LogP contribution in [-0.2, 0) is 6.42 Å². The first-order chi connectivity index (χ1) is 8.69. The van der Waals surface area contributed by atoms with Crippen molar-refractivity contribution < 1.29 is 0 Å². The molecular weight excluding hydrogens is 222 g/mol. The summed E-state index contributed by atoms with van der Waals surface area (Å²) in [5.41, 5.74) is 4.53. The van der Waals surface area contributed by atoms with E-state index in [0.717, 1.165) is 17.8 Å². The van der Waals surface area contributed by atoms with Gasteiger partial charge >= 0.3 is 0 Å². The minimum absolute atomic E-state index is 0.209. The minimum Gasteiger partial charge on any atom is -0.311 e. The molecule has 1 N–H and O–H groups in total. The molecule has 1 aromatic heterocycles. The lowest BCUT2D eigenvalue weighted by molar-refractivity contribution is 0.572. The lowest BCUT2D eigenvalue weighted by Crippen LogP contribution is -2.20. The van der Waals surface area contributed by atoms with Gasteiger partial charge in [0.25, 0.3) is 0 Å². The van der Waals surface area contributed by atoms with Crippen molar-refractivity contribution in [2.45, 2.75) is 26.3 Å². The van der Waals surface area contributed by atoms with Gasteiger partial charge in [-0.05, 0) is 32.9 Å². The van der Waals surface area contributed by atoms with E-state index < -0.39 is 0 Å². The molecule has 94 valence electrons. The Morgan fingerprint density at radius 1 is 1.06 bits per heavy atom. The van der Waals surface area contributed by atoms with Crippen LogP contribution in [0, 0.1) is 13.8 Å². The van der Waals surface area contributed by atoms with Crippen LogP contribution in [0.2, 0.25) is 0 Å². The summed E-state index contributed by atoms with van der Waals surface area (Å²) in [5, 5.41) is 3.30. The molecule has 0 fully saturated rings. The predicted molar refractivity (Wildman–Crippen MR) is 73.5 cm³/mol. The molecule has 0 spiro atoms. The van der Waals surface area contributed by atoms with Crippen LogP contribution in [0.25, 0.3) is 0 Å². The fourth-order valence-electron chi connectivity index (χ4n) is 1.90. The summed E-state index contributed by atoms with van der Waals surface area (Å²) in [5.74, 6) is 0. The average molecular weight is 241 g/mol. The SMILES string of the molecule is CNC(Cc1ccc(C)cc1)c1cnc(C)cn1. The Hall–Kier alpha value is -1.74. The Balaban J connectivity index is 2.14. The second-order valence-electron chi connectivity index (χ2n) is 4.61. The molecular formula is C15H19N3. The number of aromatic nitrogens is 2. The van der Waals surface area contributed by atoms with Gasteiger partial charge < -0.3 is 5.32 Å². The summed E-state index contributed by atoms with van der Waals surface area (Å²) in [6, 6.07) is 8.83. The summed E-state index contributed by atoms with van der Waals surface area (Å²) < 4.78 is 0. The first kappa shape index (κ1) is 12.7. The first-order valence-corrected chi connectivity index (χ1v) is 6.20. The molecule has 1 heterocycles. The number of nitrogens with one attached hydrogen (secondary N) is 1. The van der Waals surface area contributed by atoms with Gasteiger partial charge in [0.2, 0.25) is 0 Å². The molecule has 0 amide bonds. The van der Waals surface area contributed by atoms with E-state index in [0.29, 0.717) is 0 Å². The highest BCUT2D eigenvalue weighted by atomic mass is 14.9. The summed E-state index contributed by atoms with van der Waals surface area (Å²) >= 11 is 0. The van der Waals surface area contributed by atoms with E-state index in [2.05, 4.69) is 46.5 Å². The molecule has 3 nitrogen and oxygen atoms in total. The van der Waals surface area contributed by atoms with Crippen molar-refractivity contribution in [2.24, 2.45) is 0 Å². The summed E-state index contributed by atoms with van der Waals surface area (Å²) in [6.45, 7) is 4.05. The molecule has 0 aliphatic carbocycles. The largest absolute Gasteiger partial charge is 0.311 e. The lowest BCUT2D eigenvalue weighted by atomic mass is 10.0. The van der Waals surface area contributed by atoms with Gasteiger partial charge in [-0.3, -0.25) is 9.97 Å². The Morgan fingerprint density at radius 2 is 1.78 bits per heavy atom. The highest BCUT2D eigenvalue weighted by Crippen LogP contribution is 2.16. The lowest BCUT2D eigenvalue weighted by Gasteiger charge is -2.15. The number of aryl methyl sites for hydroxylation is 2. The maximum Gasteiger partial charge on any atom is 0.0759 e. The third kappa shape index (κ3) is 3.14. The smallest absolute Gasteiger partial charge is 0.0759 e. The van der Waals surface area contributed by atoms with Crippen LogP contribution in [0.15, 0.2) is 36.7 Å². The van der Waals surface area contributed by atoms with Gasteiger partial charge in [-0.2, -0.15) is 0 Å². The Kier molecular flexibility index (Phi) is 4.05. The highest BCUT2D eigenvalue weighted by molar-refractivity contribution is 5.23. The number of hydrogen-bond acceptors (Lipinski definition) is 3. The highest BCUT2D eigenvalue weighted by Gasteiger charge is 2.11. The number of hydrogen-bond donors (Lipinski definition) is 1. The second-order valence-corrected chi connectivity index (χ2v) is 4.61. The van der Waals surface area contributed by atoms with E-state index in [4.69, 9.17) is 0 Å². The summed E-state index contributed by atoms with van der Waals surface area (Å²) in [6.07, 6.45) is 4.59. The predicted octanol–water partition coefficient (Wildman–Crippen LogP) is 2.60. The van der Waals surface area contributed by atoms with Crippen molar-refractivity contribution in [2.75, 3.05) is 7.05 Å². The Morgan fingerprint density at radius 3 is 2.33 bits per heavy atom. The first-order valence-electron chi connectivity index (χ1n) is 6.20. The van der Waals surface area contributed by atoms with Crippen molar-refractivity contribution in [3.8, 4) is 0 Å². The maximum absolute atomic E-state index is 4.44. The van der Waals surface area contributed by atoms with Crippen LogP contribution in [-0.4, -0.2) is 17.0 Å². The zero-order valence-corrected chi connectivity index (χ0v) is 11.1. The summed E-state index contributed by atoms with van der Waals surface area (Å²) in [4.78, 5) is 8.74. The Bertz CT molecular complexity index is 488. The molecule has 0 saturated carbocycles. The van der Waals surface area contributed by atoms with Gasteiger partial charge in [0, 0.05) is 6.20 Å². The number of benzene rings is 1. The van der Waals surface area contributed by atoms with E-state index >= 15 is 0 Å². The van der Waals surface area contributed by atoms with E-state index in [-0.39, 0.29) is 6.04 Å². The van der Waals surface area contributed by atoms with Crippen LogP contribution in [0.1, 0.15) is 28.6 Å². The van der Waals surface area contributed by atoms with Gasteiger partial charge in [0.1, 0.15) is 0 Å². The molecule has 3 heteroatoms. The van der Waals surface area contributed by atoms with E-state index in [1.807, 2.05) is 26.4 Å². The molecule has 0 aliphatic heterocycles. The van der Waals surface area contributed by atoms with Crippen LogP contribution in [0.5, 0.6) is 0 Å². The molecule has 1 unspecified atom stereocenters. The van der Waals surface area contributed by atoms with Crippen molar-refractivity contribution in [3.63, 3.8) is 0 Å². The maximum atomic E-state index is 4.44. The number of likely N-dealkylation sites (N-methyl/N-ethyl adjacent to an activating group) is 1. The normalized spacial score (nSPS) is 12.4. The second kappa shape index (κ2) is 5.74. The third-order valence-corrected chi connectivity index (χ3v) is 3.07. The molecule has 18 heavy (non-hydrogen) atoms. The van der Waals surface area contributed by atoms with Gasteiger partial charge in [0.05, 0.1) is 23.6 Å². The molecule has 0 bridgehead atoms. The van der Waals surface area contributed by atoms with Crippen LogP contribution in [0.3, 0.4) is 0 Å². The third-order valence-electron chi connectivity index (χ3n) is 3.07. The molecule has 0 radical (unpaired) electrons. The average Bonchev–Trinajstić information content (AvgIpc) is 2.39. The standard InChI is InChI=1S/C15H19N3/c1-11-4-6-13(7-5-11)8-14(16-3)15-10-17-12(2)9-18-15/h4-7,9-10,14,16H,8H2,1-3H3. The molecule has 1 atom stereocenters. The van der Waals surface area contributed by atoms with Gasteiger partial charge in [-0.1, -0.05) is 29.8 Å². The number of rotatable bonds is 4. The van der Waals surface area contributed by atoms with Gasteiger partial charge in [-0.25, -0.2) is 0 Å². The quantitative estimate of drug-likeness (QED) is 0.894. The van der Waals surface area contributed by atoms with Gasteiger partial charge in [-0.15, -0.1) is 0 Å². The van der Waals surface area contributed by atoms with Crippen molar-refractivity contribution in [3.05, 3.63) is 59.2 Å². The van der Waals surface area contributed by atoms with Crippen molar-refractivity contribution in [1.29, 1.82) is 0 Å². The minimum atomic E-state index is 0.209. The fraction of sp³-hybridized carbons (Fsp3) is 0.333. The molecule has 2 rings (SSSR count). The van der Waals surface area contributed by atoms with Gasteiger partial charge in [0.15, 0.2) is 0 Å². The van der Waals surface area contributed by atoms with Crippen LogP contribution in [0.4, 0.5) is 0 Å². The molecule has 2 aromatic rings. The van der Waals surface area contributed by atoms with Crippen LogP contribution >= 0.6 is 0 Å². The van der Waals surface area contributed by atoms with E-state index in [1.54, 1.807) is 0 Å². The number of nitrogens with zero attached hydrogens (tertiary/aromatic N) is 2. The molecule has 1 aromatic carbocycles. The van der Waals surface area contributed by atoms with E-state index in [1.165, 1.54) is 11.1 Å². The van der Waals surface area contributed by atoms with E-state index in [9.17, 15) is 0 Å². The fourth-order valence-corrected chi connectivity index (χ4v) is 1.90. The monoisotopic (exact) mass is 241 g/mol. The molecule has 0 aliphatic rings. The zero-order chi connectivity index (χ0) is 13.0. The zero-order valence-electron chi connectivity index (χ0n) is 11.1. The van der Waals surface area contributed by atoms with Crippen molar-refractivity contribution in [1.82, 2.24) is 15.3 Å². The van der Waals surface area contributed by atoms with Crippen molar-refractivity contribution >= 4 is 0 Å². The topological polar surface area (TPSA) is 37.8 Å². The Labute approximate surface area is 108 Å². The summed E-state index contributed by atoms with van der Waals surface area (Å²) in [7, 11) is 1.96.